The lowest BCUT2D eigenvalue weighted by atomic mass is 10.0. The molecular formula is C27H29N3O4. The van der Waals surface area contributed by atoms with Crippen LogP contribution in [0.1, 0.15) is 12.5 Å². The summed E-state index contributed by atoms with van der Waals surface area (Å²) in [4.78, 5) is 27.6. The van der Waals surface area contributed by atoms with E-state index in [1.165, 1.54) is 6.08 Å². The quantitative estimate of drug-likeness (QED) is 0.341. The van der Waals surface area contributed by atoms with Crippen LogP contribution in [0.2, 0.25) is 0 Å². The van der Waals surface area contributed by atoms with Gasteiger partial charge in [0.25, 0.3) is 0 Å². The second-order valence-corrected chi connectivity index (χ2v) is 7.85. The molecular weight excluding hydrogens is 430 g/mol. The van der Waals surface area contributed by atoms with Crippen molar-refractivity contribution in [3.8, 4) is 11.1 Å². The van der Waals surface area contributed by atoms with Crippen LogP contribution < -0.4 is 15.1 Å². The number of urea groups is 1. The van der Waals surface area contributed by atoms with Gasteiger partial charge in [-0.25, -0.2) is 9.59 Å². The van der Waals surface area contributed by atoms with Crippen LogP contribution in [-0.2, 0) is 9.53 Å². The van der Waals surface area contributed by atoms with Gasteiger partial charge in [-0.1, -0.05) is 36.4 Å². The molecule has 0 aromatic heterocycles. The number of carbonyl (C=O) groups is 2. The van der Waals surface area contributed by atoms with Crippen molar-refractivity contribution in [2.45, 2.75) is 6.92 Å². The summed E-state index contributed by atoms with van der Waals surface area (Å²) in [7, 11) is 5.65. The van der Waals surface area contributed by atoms with Crippen LogP contribution in [-0.4, -0.2) is 44.9 Å². The Morgan fingerprint density at radius 1 is 0.912 bits per heavy atom. The predicted molar refractivity (Wildman–Crippen MR) is 137 cm³/mol. The van der Waals surface area contributed by atoms with Gasteiger partial charge in [0, 0.05) is 38.2 Å². The first-order chi connectivity index (χ1) is 16.3. The van der Waals surface area contributed by atoms with E-state index in [1.54, 1.807) is 18.9 Å². The molecule has 0 aliphatic carbocycles. The van der Waals surface area contributed by atoms with Crippen molar-refractivity contribution in [1.29, 1.82) is 0 Å². The number of nitrogens with zero attached hydrogens (tertiary/aromatic N) is 2. The van der Waals surface area contributed by atoms with E-state index >= 15 is 0 Å². The van der Waals surface area contributed by atoms with E-state index in [9.17, 15) is 14.7 Å². The van der Waals surface area contributed by atoms with Crippen molar-refractivity contribution in [3.05, 3.63) is 84.1 Å². The molecule has 2 amide bonds. The van der Waals surface area contributed by atoms with E-state index in [2.05, 4.69) is 5.32 Å². The minimum Gasteiger partial charge on any atom is -0.487 e. The predicted octanol–water partition coefficient (Wildman–Crippen LogP) is 5.55. The summed E-state index contributed by atoms with van der Waals surface area (Å²) >= 11 is 0. The van der Waals surface area contributed by atoms with Crippen molar-refractivity contribution < 1.29 is 19.4 Å². The largest absolute Gasteiger partial charge is 0.487 e. The Balaban J connectivity index is 1.74. The molecule has 7 heteroatoms. The van der Waals surface area contributed by atoms with Crippen LogP contribution in [0.5, 0.6) is 0 Å². The number of benzene rings is 3. The average molecular weight is 460 g/mol. The maximum absolute atomic E-state index is 12.8. The number of anilines is 3. The number of amides is 2. The highest BCUT2D eigenvalue weighted by molar-refractivity contribution is 6.01. The number of rotatable bonds is 8. The van der Waals surface area contributed by atoms with Crippen LogP contribution >= 0.6 is 0 Å². The van der Waals surface area contributed by atoms with Gasteiger partial charge in [0.1, 0.15) is 0 Å². The van der Waals surface area contributed by atoms with Crippen LogP contribution in [0.4, 0.5) is 21.9 Å². The number of nitrogens with one attached hydrogen (secondary N) is 1. The fourth-order valence-corrected chi connectivity index (χ4v) is 3.31. The Bertz CT molecular complexity index is 1170. The molecule has 3 aromatic carbocycles. The molecule has 0 radical (unpaired) electrons. The number of carboxylic acid groups (broad SMARTS) is 1. The molecule has 0 heterocycles. The second-order valence-electron chi connectivity index (χ2n) is 7.85. The first-order valence-electron chi connectivity index (χ1n) is 10.9. The highest BCUT2D eigenvalue weighted by atomic mass is 16.5. The summed E-state index contributed by atoms with van der Waals surface area (Å²) in [6.07, 6.45) is 1.50. The highest BCUT2D eigenvalue weighted by Gasteiger charge is 2.13. The number of hydrogen-bond donors (Lipinski definition) is 2. The molecule has 0 bridgehead atoms. The zero-order valence-electron chi connectivity index (χ0n) is 19.8. The SMILES string of the molecule is CCOC(=Cc1ccc(-c2cccc(N(C)C(=O)Nc3ccc(N(C)C)cc3)c2)cc1)C(=O)O. The molecule has 0 atom stereocenters. The maximum Gasteiger partial charge on any atom is 0.371 e. The van der Waals surface area contributed by atoms with Gasteiger partial charge in [0.05, 0.1) is 6.61 Å². The lowest BCUT2D eigenvalue weighted by molar-refractivity contribution is -0.136. The van der Waals surface area contributed by atoms with Gasteiger partial charge in [-0.2, -0.15) is 0 Å². The number of hydrogen-bond acceptors (Lipinski definition) is 4. The molecule has 0 fully saturated rings. The fourth-order valence-electron chi connectivity index (χ4n) is 3.31. The number of ether oxygens (including phenoxy) is 1. The molecule has 0 saturated heterocycles. The molecule has 0 saturated carbocycles. The molecule has 3 rings (SSSR count). The van der Waals surface area contributed by atoms with Crippen LogP contribution in [0.25, 0.3) is 17.2 Å². The third-order valence-corrected chi connectivity index (χ3v) is 5.23. The monoisotopic (exact) mass is 459 g/mol. The van der Waals surface area contributed by atoms with E-state index in [0.717, 1.165) is 33.8 Å². The number of aliphatic carboxylic acids is 1. The number of carbonyl (C=O) groups excluding carboxylic acids is 1. The molecule has 0 aliphatic heterocycles. The molecule has 0 aliphatic rings. The van der Waals surface area contributed by atoms with Crippen LogP contribution in [0.15, 0.2) is 78.6 Å². The topological polar surface area (TPSA) is 82.1 Å². The van der Waals surface area contributed by atoms with E-state index < -0.39 is 5.97 Å². The van der Waals surface area contributed by atoms with E-state index in [1.807, 2.05) is 91.8 Å². The van der Waals surface area contributed by atoms with Crippen molar-refractivity contribution >= 4 is 35.1 Å². The Kier molecular flexibility index (Phi) is 7.92. The van der Waals surface area contributed by atoms with Crippen molar-refractivity contribution in [2.24, 2.45) is 0 Å². The van der Waals surface area contributed by atoms with Gasteiger partial charge in [-0.15, -0.1) is 0 Å². The Hall–Kier alpha value is -4.26. The van der Waals surface area contributed by atoms with Crippen molar-refractivity contribution in [3.63, 3.8) is 0 Å². The van der Waals surface area contributed by atoms with E-state index in [0.29, 0.717) is 0 Å². The summed E-state index contributed by atoms with van der Waals surface area (Å²) in [6.45, 7) is 2.02. The first-order valence-corrected chi connectivity index (χ1v) is 10.9. The standard InChI is InChI=1S/C27H29N3O4/c1-5-34-25(26(31)32)17-19-9-11-20(12-10-19)21-7-6-8-24(18-21)30(4)27(33)28-22-13-15-23(16-14-22)29(2)3/h6-18H,5H2,1-4H3,(H,28,33)(H,31,32). The summed E-state index contributed by atoms with van der Waals surface area (Å²) in [6, 6.07) is 22.5. The summed E-state index contributed by atoms with van der Waals surface area (Å²) < 4.78 is 5.16. The van der Waals surface area contributed by atoms with Crippen LogP contribution in [0, 0.1) is 0 Å². The Labute approximate surface area is 199 Å². The summed E-state index contributed by atoms with van der Waals surface area (Å²) in [5.41, 5.74) is 5.12. The van der Waals surface area contributed by atoms with Gasteiger partial charge in [-0.05, 0) is 66.1 Å². The summed E-state index contributed by atoms with van der Waals surface area (Å²) in [5.74, 6) is -1.20. The lowest BCUT2D eigenvalue weighted by Gasteiger charge is -2.19. The minimum atomic E-state index is -1.10. The van der Waals surface area contributed by atoms with Gasteiger partial charge in [-0.3, -0.25) is 4.90 Å². The Morgan fingerprint density at radius 3 is 2.18 bits per heavy atom. The normalized spacial score (nSPS) is 11.0. The van der Waals surface area contributed by atoms with Crippen molar-refractivity contribution in [2.75, 3.05) is 42.9 Å². The smallest absolute Gasteiger partial charge is 0.371 e. The molecule has 0 spiro atoms. The lowest BCUT2D eigenvalue weighted by Crippen LogP contribution is -2.31. The molecule has 3 aromatic rings. The molecule has 34 heavy (non-hydrogen) atoms. The van der Waals surface area contributed by atoms with E-state index in [-0.39, 0.29) is 18.4 Å². The first kappa shape index (κ1) is 24.4. The van der Waals surface area contributed by atoms with Gasteiger partial charge >= 0.3 is 12.0 Å². The van der Waals surface area contributed by atoms with Crippen molar-refractivity contribution in [1.82, 2.24) is 0 Å². The zero-order valence-corrected chi connectivity index (χ0v) is 19.8. The average Bonchev–Trinajstić information content (AvgIpc) is 2.84. The molecule has 2 N–H and O–H groups in total. The maximum atomic E-state index is 12.8. The number of carboxylic acids is 1. The highest BCUT2D eigenvalue weighted by Crippen LogP contribution is 2.26. The third-order valence-electron chi connectivity index (χ3n) is 5.23. The van der Waals surface area contributed by atoms with Gasteiger partial charge < -0.3 is 20.1 Å². The molecule has 7 nitrogen and oxygen atoms in total. The van der Waals surface area contributed by atoms with E-state index in [4.69, 9.17) is 4.74 Å². The zero-order chi connectivity index (χ0) is 24.7. The minimum absolute atomic E-state index is 0.0961. The Morgan fingerprint density at radius 2 is 1.59 bits per heavy atom. The second kappa shape index (κ2) is 11.0. The van der Waals surface area contributed by atoms with Crippen LogP contribution in [0.3, 0.4) is 0 Å². The summed E-state index contributed by atoms with van der Waals surface area (Å²) in [5, 5.41) is 12.1. The molecule has 176 valence electrons. The van der Waals surface area contributed by atoms with Gasteiger partial charge in [0.2, 0.25) is 5.76 Å². The third kappa shape index (κ3) is 6.16. The van der Waals surface area contributed by atoms with Gasteiger partial charge in [0.15, 0.2) is 0 Å². The molecule has 0 unspecified atom stereocenters. The fraction of sp³-hybridized carbons (Fsp3) is 0.185.